The van der Waals surface area contributed by atoms with Crippen LogP contribution < -0.4 is 21.7 Å². The van der Waals surface area contributed by atoms with Crippen LogP contribution in [0.3, 0.4) is 0 Å². The first-order valence-electron chi connectivity index (χ1n) is 9.11. The monoisotopic (exact) mass is 418 g/mol. The van der Waals surface area contributed by atoms with Crippen molar-refractivity contribution in [3.05, 3.63) is 0 Å². The molecule has 29 heavy (non-hydrogen) atoms. The number of aliphatic hydroxyl groups excluding tert-OH is 1. The summed E-state index contributed by atoms with van der Waals surface area (Å²) in [6, 6.07) is -3.98. The number of amides is 3. The zero-order valence-electron chi connectivity index (χ0n) is 16.7. The zero-order valence-corrected chi connectivity index (χ0v) is 16.7. The number of nitrogens with one attached hydrogen (secondary N) is 3. The van der Waals surface area contributed by atoms with Crippen LogP contribution in [-0.2, 0) is 24.0 Å². The average Bonchev–Trinajstić information content (AvgIpc) is 2.60. The molecule has 0 heterocycles. The van der Waals surface area contributed by atoms with Gasteiger partial charge in [0.2, 0.25) is 17.7 Å². The number of aliphatic carboxylic acids is 2. The maximum atomic E-state index is 12.5. The molecule has 0 aromatic heterocycles. The van der Waals surface area contributed by atoms with Crippen molar-refractivity contribution in [2.24, 2.45) is 11.7 Å². The predicted octanol–water partition coefficient (Wildman–Crippen LogP) is -2.22. The Labute approximate surface area is 168 Å². The zero-order chi connectivity index (χ0) is 22.7. The van der Waals surface area contributed by atoms with E-state index in [2.05, 4.69) is 16.0 Å². The van der Waals surface area contributed by atoms with E-state index in [0.29, 0.717) is 0 Å². The smallest absolute Gasteiger partial charge is 0.326 e. The van der Waals surface area contributed by atoms with Gasteiger partial charge in [0.05, 0.1) is 12.6 Å². The molecular weight excluding hydrogens is 388 g/mol. The summed E-state index contributed by atoms with van der Waals surface area (Å²) in [5.74, 6) is -5.05. The molecule has 4 atom stereocenters. The molecule has 0 spiro atoms. The van der Waals surface area contributed by atoms with Crippen LogP contribution in [0.5, 0.6) is 0 Å². The van der Waals surface area contributed by atoms with E-state index in [0.717, 1.165) is 0 Å². The molecule has 0 aliphatic rings. The first kappa shape index (κ1) is 26.3. The number of hydrogen-bond donors (Lipinski definition) is 7. The summed E-state index contributed by atoms with van der Waals surface area (Å²) in [5.41, 5.74) is 5.18. The molecule has 8 N–H and O–H groups in total. The quantitative estimate of drug-likeness (QED) is 0.172. The van der Waals surface area contributed by atoms with Crippen LogP contribution in [0.2, 0.25) is 0 Å². The molecule has 0 saturated heterocycles. The molecule has 12 heteroatoms. The number of nitrogens with two attached hydrogens (primary N) is 1. The summed E-state index contributed by atoms with van der Waals surface area (Å²) in [6.45, 7) is 4.41. The third-order valence-corrected chi connectivity index (χ3v) is 3.87. The number of carbonyl (C=O) groups is 5. The Bertz CT molecular complexity index is 608. The van der Waals surface area contributed by atoms with Gasteiger partial charge in [-0.15, -0.1) is 0 Å². The van der Waals surface area contributed by atoms with E-state index in [1.807, 2.05) is 0 Å². The van der Waals surface area contributed by atoms with Gasteiger partial charge in [-0.3, -0.25) is 19.2 Å². The third-order valence-electron chi connectivity index (χ3n) is 3.87. The first-order valence-corrected chi connectivity index (χ1v) is 9.11. The second kappa shape index (κ2) is 12.7. The molecule has 0 rings (SSSR count). The fourth-order valence-corrected chi connectivity index (χ4v) is 2.40. The van der Waals surface area contributed by atoms with Crippen molar-refractivity contribution in [3.8, 4) is 0 Å². The van der Waals surface area contributed by atoms with Crippen molar-refractivity contribution in [1.82, 2.24) is 16.0 Å². The molecule has 0 saturated carbocycles. The lowest BCUT2D eigenvalue weighted by Gasteiger charge is -2.26. The van der Waals surface area contributed by atoms with E-state index < -0.39 is 66.9 Å². The Morgan fingerprint density at radius 3 is 1.86 bits per heavy atom. The van der Waals surface area contributed by atoms with Crippen LogP contribution in [-0.4, -0.2) is 75.8 Å². The summed E-state index contributed by atoms with van der Waals surface area (Å²) >= 11 is 0. The minimum Gasteiger partial charge on any atom is -0.481 e. The second-order valence-electron chi connectivity index (χ2n) is 7.01. The van der Waals surface area contributed by atoms with Crippen molar-refractivity contribution < 1.29 is 39.3 Å². The molecule has 0 aromatic carbocycles. The molecule has 3 amide bonds. The molecule has 0 fully saturated rings. The van der Waals surface area contributed by atoms with E-state index >= 15 is 0 Å². The Kier molecular flexibility index (Phi) is 11.5. The van der Waals surface area contributed by atoms with Gasteiger partial charge in [-0.05, 0) is 25.7 Å². The molecule has 12 nitrogen and oxygen atoms in total. The molecule has 0 aromatic rings. The molecule has 0 radical (unpaired) electrons. The van der Waals surface area contributed by atoms with Crippen LogP contribution in [0, 0.1) is 5.92 Å². The number of hydrogen-bond acceptors (Lipinski definition) is 7. The molecule has 4 unspecified atom stereocenters. The maximum Gasteiger partial charge on any atom is 0.326 e. The molecular formula is C17H30N4O8. The predicted molar refractivity (Wildman–Crippen MR) is 100 cm³/mol. The van der Waals surface area contributed by atoms with Gasteiger partial charge in [-0.1, -0.05) is 13.8 Å². The minimum absolute atomic E-state index is 0.0722. The van der Waals surface area contributed by atoms with Gasteiger partial charge in [-0.2, -0.15) is 0 Å². The van der Waals surface area contributed by atoms with Crippen LogP contribution in [0.4, 0.5) is 0 Å². The van der Waals surface area contributed by atoms with E-state index in [9.17, 15) is 34.2 Å². The van der Waals surface area contributed by atoms with Gasteiger partial charge in [0.1, 0.15) is 18.1 Å². The normalized spacial score (nSPS) is 15.0. The molecule has 0 aliphatic carbocycles. The van der Waals surface area contributed by atoms with Gasteiger partial charge in [0.15, 0.2) is 0 Å². The summed E-state index contributed by atoms with van der Waals surface area (Å²) < 4.78 is 0. The molecule has 0 bridgehead atoms. The van der Waals surface area contributed by atoms with E-state index in [1.54, 1.807) is 13.8 Å². The Balaban J connectivity index is 5.32. The van der Waals surface area contributed by atoms with E-state index in [-0.39, 0.29) is 18.8 Å². The first-order chi connectivity index (χ1) is 13.4. The van der Waals surface area contributed by atoms with Crippen molar-refractivity contribution >= 4 is 29.7 Å². The number of carboxylic acid groups (broad SMARTS) is 2. The summed E-state index contributed by atoms with van der Waals surface area (Å²) in [6.07, 6.45) is -1.94. The Morgan fingerprint density at radius 1 is 0.897 bits per heavy atom. The highest BCUT2D eigenvalue weighted by molar-refractivity contribution is 5.93. The molecule has 0 aliphatic heterocycles. The average molecular weight is 418 g/mol. The summed E-state index contributed by atoms with van der Waals surface area (Å²) in [7, 11) is 0. The standard InChI is InChI=1S/C17H30N4O8/c1-8(2)6-11(15(26)19-10(17(28)29)4-5-13(24)25)20-16(27)14(9(3)22)21-12(23)7-18/h8-11,14,22H,4-7,18H2,1-3H3,(H,19,26)(H,20,27)(H,21,23)(H,24,25)(H,28,29). The van der Waals surface area contributed by atoms with Crippen LogP contribution in [0.1, 0.15) is 40.0 Å². The number of carbonyl (C=O) groups excluding carboxylic acids is 3. The Morgan fingerprint density at radius 2 is 1.45 bits per heavy atom. The Hall–Kier alpha value is -2.73. The van der Waals surface area contributed by atoms with Gasteiger partial charge in [0.25, 0.3) is 0 Å². The van der Waals surface area contributed by atoms with Gasteiger partial charge in [-0.25, -0.2) is 4.79 Å². The van der Waals surface area contributed by atoms with Crippen LogP contribution in [0.25, 0.3) is 0 Å². The lowest BCUT2D eigenvalue weighted by atomic mass is 10.0. The minimum atomic E-state index is -1.45. The lowest BCUT2D eigenvalue weighted by molar-refractivity contribution is -0.143. The lowest BCUT2D eigenvalue weighted by Crippen LogP contribution is -2.59. The van der Waals surface area contributed by atoms with Crippen LogP contribution >= 0.6 is 0 Å². The van der Waals surface area contributed by atoms with E-state index in [1.165, 1.54) is 6.92 Å². The van der Waals surface area contributed by atoms with Crippen LogP contribution in [0.15, 0.2) is 0 Å². The van der Waals surface area contributed by atoms with Gasteiger partial charge < -0.3 is 37.0 Å². The third kappa shape index (κ3) is 10.4. The van der Waals surface area contributed by atoms with Crippen molar-refractivity contribution in [2.75, 3.05) is 6.54 Å². The highest BCUT2D eigenvalue weighted by Gasteiger charge is 2.31. The summed E-state index contributed by atoms with van der Waals surface area (Å²) in [4.78, 5) is 58.4. The fraction of sp³-hybridized carbons (Fsp3) is 0.706. The van der Waals surface area contributed by atoms with Gasteiger partial charge >= 0.3 is 11.9 Å². The van der Waals surface area contributed by atoms with Crippen molar-refractivity contribution in [2.45, 2.75) is 64.3 Å². The number of aliphatic hydroxyl groups is 1. The fourth-order valence-electron chi connectivity index (χ4n) is 2.40. The number of rotatable bonds is 13. The number of carboxylic acids is 2. The summed E-state index contributed by atoms with van der Waals surface area (Å²) in [5, 5.41) is 34.5. The van der Waals surface area contributed by atoms with Crippen molar-refractivity contribution in [1.29, 1.82) is 0 Å². The second-order valence-corrected chi connectivity index (χ2v) is 7.01. The SMILES string of the molecule is CC(C)CC(NC(=O)C(NC(=O)CN)C(C)O)C(=O)NC(CCC(=O)O)C(=O)O. The van der Waals surface area contributed by atoms with Crippen molar-refractivity contribution in [3.63, 3.8) is 0 Å². The van der Waals surface area contributed by atoms with Gasteiger partial charge in [0, 0.05) is 6.42 Å². The topological polar surface area (TPSA) is 208 Å². The maximum absolute atomic E-state index is 12.5. The highest BCUT2D eigenvalue weighted by Crippen LogP contribution is 2.08. The highest BCUT2D eigenvalue weighted by atomic mass is 16.4. The largest absolute Gasteiger partial charge is 0.481 e. The van der Waals surface area contributed by atoms with E-state index in [4.69, 9.17) is 10.8 Å². The molecule has 166 valence electrons.